The van der Waals surface area contributed by atoms with E-state index in [0.717, 1.165) is 11.1 Å². The SMILES string of the molecule is O=C1C[C@H](c2ccc(OCc3cccc(Cl)c3)cc2)c2c(n3ccsc3nc2=O)N1. The van der Waals surface area contributed by atoms with Gasteiger partial charge in [-0.15, -0.1) is 11.3 Å². The smallest absolute Gasteiger partial charge is 0.279 e. The van der Waals surface area contributed by atoms with Crippen molar-refractivity contribution in [3.05, 3.63) is 92.2 Å². The van der Waals surface area contributed by atoms with Crippen LogP contribution in [0.25, 0.3) is 4.96 Å². The molecule has 2 aromatic heterocycles. The highest BCUT2D eigenvalue weighted by Gasteiger charge is 2.31. The van der Waals surface area contributed by atoms with E-state index in [1.807, 2.05) is 53.9 Å². The molecule has 0 saturated carbocycles. The zero-order chi connectivity index (χ0) is 20.7. The van der Waals surface area contributed by atoms with Gasteiger partial charge in [0.2, 0.25) is 5.91 Å². The van der Waals surface area contributed by atoms with Crippen molar-refractivity contribution < 1.29 is 9.53 Å². The summed E-state index contributed by atoms with van der Waals surface area (Å²) in [5, 5.41) is 5.34. The minimum absolute atomic E-state index is 0.126. The zero-order valence-corrected chi connectivity index (χ0v) is 17.2. The lowest BCUT2D eigenvalue weighted by molar-refractivity contribution is -0.116. The van der Waals surface area contributed by atoms with Crippen LogP contribution in [0.5, 0.6) is 5.75 Å². The molecule has 5 rings (SSSR count). The maximum Gasteiger partial charge on any atom is 0.279 e. The van der Waals surface area contributed by atoms with E-state index in [0.29, 0.717) is 33.7 Å². The molecule has 3 heterocycles. The Bertz CT molecular complexity index is 1310. The van der Waals surface area contributed by atoms with Crippen LogP contribution in [0.2, 0.25) is 5.02 Å². The van der Waals surface area contributed by atoms with Crippen molar-refractivity contribution in [3.63, 3.8) is 0 Å². The van der Waals surface area contributed by atoms with Crippen LogP contribution < -0.4 is 15.6 Å². The second-order valence-corrected chi connectivity index (χ2v) is 8.34. The number of hydrogen-bond acceptors (Lipinski definition) is 5. The molecular weight excluding hydrogens is 422 g/mol. The summed E-state index contributed by atoms with van der Waals surface area (Å²) in [6.45, 7) is 0.399. The molecule has 30 heavy (non-hydrogen) atoms. The number of hydrogen-bond donors (Lipinski definition) is 1. The van der Waals surface area contributed by atoms with Gasteiger partial charge in [0.1, 0.15) is 18.2 Å². The van der Waals surface area contributed by atoms with Crippen molar-refractivity contribution in [1.82, 2.24) is 9.38 Å². The minimum Gasteiger partial charge on any atom is -0.489 e. The van der Waals surface area contributed by atoms with Crippen molar-refractivity contribution in [3.8, 4) is 5.75 Å². The molecule has 150 valence electrons. The summed E-state index contributed by atoms with van der Waals surface area (Å²) in [5.74, 6) is 0.725. The maximum absolute atomic E-state index is 12.7. The molecule has 0 bridgehead atoms. The topological polar surface area (TPSA) is 72.7 Å². The summed E-state index contributed by atoms with van der Waals surface area (Å²) >= 11 is 7.36. The molecule has 4 aromatic rings. The Morgan fingerprint density at radius 3 is 2.83 bits per heavy atom. The van der Waals surface area contributed by atoms with E-state index < -0.39 is 0 Å². The maximum atomic E-state index is 12.7. The molecule has 6 nitrogen and oxygen atoms in total. The van der Waals surface area contributed by atoms with E-state index in [9.17, 15) is 9.59 Å². The molecular formula is C22H16ClN3O3S. The number of ether oxygens (including phenoxy) is 1. The summed E-state index contributed by atoms with van der Waals surface area (Å²) in [4.78, 5) is 29.8. The molecule has 1 aliphatic heterocycles. The average Bonchev–Trinajstić information content (AvgIpc) is 3.21. The fourth-order valence-corrected chi connectivity index (χ4v) is 4.61. The first kappa shape index (κ1) is 18.8. The van der Waals surface area contributed by atoms with Gasteiger partial charge in [0, 0.05) is 28.9 Å². The largest absolute Gasteiger partial charge is 0.489 e. The Hall–Kier alpha value is -3.16. The molecule has 1 aliphatic rings. The zero-order valence-electron chi connectivity index (χ0n) is 15.7. The quantitative estimate of drug-likeness (QED) is 0.511. The third kappa shape index (κ3) is 3.46. The molecule has 0 spiro atoms. The van der Waals surface area contributed by atoms with Gasteiger partial charge in [0.15, 0.2) is 4.96 Å². The molecule has 0 aliphatic carbocycles. The molecule has 0 radical (unpaired) electrons. The van der Waals surface area contributed by atoms with E-state index >= 15 is 0 Å². The van der Waals surface area contributed by atoms with E-state index in [4.69, 9.17) is 16.3 Å². The van der Waals surface area contributed by atoms with Crippen molar-refractivity contribution in [2.45, 2.75) is 18.9 Å². The fourth-order valence-electron chi connectivity index (χ4n) is 3.69. The lowest BCUT2D eigenvalue weighted by atomic mass is 9.87. The van der Waals surface area contributed by atoms with E-state index in [1.54, 1.807) is 10.6 Å². The summed E-state index contributed by atoms with van der Waals surface area (Å²) in [7, 11) is 0. The lowest BCUT2D eigenvalue weighted by Crippen LogP contribution is -2.31. The van der Waals surface area contributed by atoms with Crippen LogP contribution in [0.3, 0.4) is 0 Å². The molecule has 0 saturated heterocycles. The van der Waals surface area contributed by atoms with Crippen molar-refractivity contribution in [2.24, 2.45) is 0 Å². The Morgan fingerprint density at radius 2 is 2.03 bits per heavy atom. The van der Waals surface area contributed by atoms with E-state index in [2.05, 4.69) is 10.3 Å². The highest BCUT2D eigenvalue weighted by atomic mass is 35.5. The first-order valence-electron chi connectivity index (χ1n) is 9.35. The highest BCUT2D eigenvalue weighted by Crippen LogP contribution is 2.36. The number of thiazole rings is 1. The lowest BCUT2D eigenvalue weighted by Gasteiger charge is -2.25. The molecule has 0 unspecified atom stereocenters. The minimum atomic E-state index is -0.354. The van der Waals surface area contributed by atoms with Gasteiger partial charge in [-0.1, -0.05) is 35.9 Å². The predicted molar refractivity (Wildman–Crippen MR) is 117 cm³/mol. The number of nitrogens with one attached hydrogen (secondary N) is 1. The molecule has 2 aromatic carbocycles. The van der Waals surface area contributed by atoms with Crippen LogP contribution in [-0.2, 0) is 11.4 Å². The Morgan fingerprint density at radius 1 is 1.20 bits per heavy atom. The van der Waals surface area contributed by atoms with Crippen LogP contribution in [0.4, 0.5) is 5.82 Å². The van der Waals surface area contributed by atoms with Crippen molar-refractivity contribution in [1.29, 1.82) is 0 Å². The Kier molecular flexibility index (Phi) is 4.77. The van der Waals surface area contributed by atoms with Crippen LogP contribution in [0.1, 0.15) is 29.0 Å². The number of carbonyl (C=O) groups is 1. The normalized spacial score (nSPS) is 15.6. The monoisotopic (exact) mass is 437 g/mol. The standard InChI is InChI=1S/C22H16ClN3O3S/c23-15-3-1-2-13(10-15)12-29-16-6-4-14(5-7-16)17-11-18(27)24-20-19(17)21(28)25-22-26(20)8-9-30-22/h1-10,17H,11-12H2,(H,24,27)/t17-/m1/s1. The van der Waals surface area contributed by atoms with Gasteiger partial charge < -0.3 is 10.1 Å². The number of aromatic nitrogens is 2. The molecule has 1 atom stereocenters. The second-order valence-electron chi connectivity index (χ2n) is 7.03. The fraction of sp³-hybridized carbons (Fsp3) is 0.136. The van der Waals surface area contributed by atoms with Crippen LogP contribution in [0, 0.1) is 0 Å². The third-order valence-electron chi connectivity index (χ3n) is 5.09. The summed E-state index contributed by atoms with van der Waals surface area (Å²) in [6, 6.07) is 15.0. The number of rotatable bonds is 4. The molecule has 1 N–H and O–H groups in total. The van der Waals surface area contributed by atoms with Crippen LogP contribution >= 0.6 is 22.9 Å². The van der Waals surface area contributed by atoms with Crippen molar-refractivity contribution in [2.75, 3.05) is 5.32 Å². The summed E-state index contributed by atoms with van der Waals surface area (Å²) in [6.07, 6.45) is 2.00. The number of carbonyl (C=O) groups excluding carboxylic acids is 1. The number of amides is 1. The number of nitrogens with zero attached hydrogens (tertiary/aromatic N) is 2. The molecule has 8 heteroatoms. The number of halogens is 1. The van der Waals surface area contributed by atoms with Crippen molar-refractivity contribution >= 4 is 39.6 Å². The van der Waals surface area contributed by atoms with Gasteiger partial charge in [-0.3, -0.25) is 14.0 Å². The first-order chi connectivity index (χ1) is 14.6. The van der Waals surface area contributed by atoms with Crippen LogP contribution in [0.15, 0.2) is 64.9 Å². The summed E-state index contributed by atoms with van der Waals surface area (Å²) in [5.41, 5.74) is 2.05. The second kappa shape index (κ2) is 7.59. The Labute approximate surface area is 180 Å². The highest BCUT2D eigenvalue weighted by molar-refractivity contribution is 7.15. The van der Waals surface area contributed by atoms with Gasteiger partial charge in [0.25, 0.3) is 5.56 Å². The van der Waals surface area contributed by atoms with Crippen LogP contribution in [-0.4, -0.2) is 15.3 Å². The van der Waals surface area contributed by atoms with Gasteiger partial charge >= 0.3 is 0 Å². The third-order valence-corrected chi connectivity index (χ3v) is 6.08. The number of benzene rings is 2. The number of anilines is 1. The average molecular weight is 438 g/mol. The van der Waals surface area contributed by atoms with Gasteiger partial charge in [0.05, 0.1) is 5.56 Å². The van der Waals surface area contributed by atoms with Gasteiger partial charge in [-0.2, -0.15) is 4.98 Å². The van der Waals surface area contributed by atoms with E-state index in [1.165, 1.54) is 11.3 Å². The Balaban J connectivity index is 1.44. The first-order valence-corrected chi connectivity index (χ1v) is 10.6. The van der Waals surface area contributed by atoms with Gasteiger partial charge in [-0.05, 0) is 35.4 Å². The molecule has 0 fully saturated rings. The van der Waals surface area contributed by atoms with E-state index in [-0.39, 0.29) is 23.8 Å². The predicted octanol–water partition coefficient (Wildman–Crippen LogP) is 4.46. The van der Waals surface area contributed by atoms with Gasteiger partial charge in [-0.25, -0.2) is 0 Å². The number of fused-ring (bicyclic) bond motifs is 3. The molecule has 1 amide bonds. The summed E-state index contributed by atoms with van der Waals surface area (Å²) < 4.78 is 7.59.